The SMILES string of the molecule is BrC1(Br)[C@@H]2[C@H]1CCC[C@H]2c1ccccc1. The van der Waals surface area contributed by atoms with Gasteiger partial charge in [-0.1, -0.05) is 68.6 Å². The Bertz CT molecular complexity index is 358. The number of benzene rings is 1. The molecule has 0 amide bonds. The fourth-order valence-corrected chi connectivity index (χ4v) is 5.19. The number of alkyl halides is 2. The molecule has 0 aromatic heterocycles. The van der Waals surface area contributed by atoms with E-state index in [-0.39, 0.29) is 3.23 Å². The van der Waals surface area contributed by atoms with E-state index in [1.165, 1.54) is 24.8 Å². The highest BCUT2D eigenvalue weighted by molar-refractivity contribution is 9.25. The van der Waals surface area contributed by atoms with Gasteiger partial charge in [0.15, 0.2) is 0 Å². The molecule has 0 bridgehead atoms. The fraction of sp³-hybridized carbons (Fsp3) is 0.538. The van der Waals surface area contributed by atoms with Gasteiger partial charge in [0.25, 0.3) is 0 Å². The fourth-order valence-electron chi connectivity index (χ4n) is 3.15. The predicted molar refractivity (Wildman–Crippen MR) is 70.6 cm³/mol. The molecule has 0 spiro atoms. The molecular formula is C13H14Br2. The first kappa shape index (κ1) is 10.3. The highest BCUT2D eigenvalue weighted by Gasteiger charge is 2.65. The van der Waals surface area contributed by atoms with Crippen LogP contribution in [0.4, 0.5) is 0 Å². The van der Waals surface area contributed by atoms with E-state index in [0.29, 0.717) is 0 Å². The van der Waals surface area contributed by atoms with Crippen molar-refractivity contribution in [3.8, 4) is 0 Å². The number of halogens is 2. The Balaban J connectivity index is 1.89. The molecule has 0 saturated heterocycles. The molecule has 3 rings (SSSR count). The predicted octanol–water partition coefficient (Wildman–Crippen LogP) is 4.69. The average molecular weight is 330 g/mol. The molecule has 0 aliphatic heterocycles. The van der Waals surface area contributed by atoms with Crippen molar-refractivity contribution in [3.63, 3.8) is 0 Å². The molecule has 80 valence electrons. The molecule has 0 nitrogen and oxygen atoms in total. The Morgan fingerprint density at radius 2 is 1.80 bits per heavy atom. The Morgan fingerprint density at radius 3 is 2.53 bits per heavy atom. The molecule has 2 saturated carbocycles. The van der Waals surface area contributed by atoms with E-state index < -0.39 is 0 Å². The number of rotatable bonds is 1. The normalized spacial score (nSPS) is 37.1. The lowest BCUT2D eigenvalue weighted by molar-refractivity contribution is 0.420. The number of hydrogen-bond donors (Lipinski definition) is 0. The Hall–Kier alpha value is 0.180. The van der Waals surface area contributed by atoms with Crippen LogP contribution < -0.4 is 0 Å². The van der Waals surface area contributed by atoms with Gasteiger partial charge in [0.2, 0.25) is 0 Å². The zero-order valence-electron chi connectivity index (χ0n) is 8.50. The second-order valence-electron chi connectivity index (χ2n) is 4.75. The lowest BCUT2D eigenvalue weighted by atomic mass is 9.84. The summed E-state index contributed by atoms with van der Waals surface area (Å²) in [5.74, 6) is 2.40. The van der Waals surface area contributed by atoms with Crippen LogP contribution in [0.5, 0.6) is 0 Å². The molecule has 0 heterocycles. The second-order valence-corrected chi connectivity index (χ2v) is 8.44. The topological polar surface area (TPSA) is 0 Å². The van der Waals surface area contributed by atoms with E-state index in [1.54, 1.807) is 0 Å². The first-order valence-corrected chi connectivity index (χ1v) is 7.22. The number of fused-ring (bicyclic) bond motifs is 1. The van der Waals surface area contributed by atoms with Crippen LogP contribution in [0.15, 0.2) is 30.3 Å². The first-order valence-electron chi connectivity index (χ1n) is 5.64. The zero-order valence-corrected chi connectivity index (χ0v) is 11.7. The van der Waals surface area contributed by atoms with Gasteiger partial charge < -0.3 is 0 Å². The van der Waals surface area contributed by atoms with Crippen molar-refractivity contribution < 1.29 is 0 Å². The molecule has 2 aliphatic carbocycles. The van der Waals surface area contributed by atoms with Crippen molar-refractivity contribution >= 4 is 31.9 Å². The van der Waals surface area contributed by atoms with Crippen molar-refractivity contribution in [1.82, 2.24) is 0 Å². The maximum absolute atomic E-state index is 3.83. The van der Waals surface area contributed by atoms with Crippen LogP contribution in [0.2, 0.25) is 0 Å². The summed E-state index contributed by atoms with van der Waals surface area (Å²) in [6, 6.07) is 11.0. The van der Waals surface area contributed by atoms with Gasteiger partial charge in [0.1, 0.15) is 0 Å². The van der Waals surface area contributed by atoms with Crippen molar-refractivity contribution in [2.75, 3.05) is 0 Å². The highest BCUT2D eigenvalue weighted by Crippen LogP contribution is 2.71. The van der Waals surface area contributed by atoms with E-state index in [4.69, 9.17) is 0 Å². The molecule has 2 fully saturated rings. The molecule has 0 N–H and O–H groups in total. The standard InChI is InChI=1S/C13H14Br2/c14-13(15)11-8-4-7-10(12(11)13)9-5-2-1-3-6-9/h1-3,5-6,10-12H,4,7-8H2/t10-,11+,12-/m0/s1. The summed E-state index contributed by atoms with van der Waals surface area (Å²) in [6.45, 7) is 0. The van der Waals surface area contributed by atoms with E-state index in [2.05, 4.69) is 62.2 Å². The van der Waals surface area contributed by atoms with Crippen molar-refractivity contribution in [2.45, 2.75) is 28.4 Å². The molecular weight excluding hydrogens is 316 g/mol. The van der Waals surface area contributed by atoms with Gasteiger partial charge in [-0.15, -0.1) is 0 Å². The largest absolute Gasteiger partial charge is 0.0874 e. The minimum atomic E-state index is 0.247. The van der Waals surface area contributed by atoms with Gasteiger partial charge in [-0.3, -0.25) is 0 Å². The van der Waals surface area contributed by atoms with Crippen LogP contribution in [-0.4, -0.2) is 3.23 Å². The van der Waals surface area contributed by atoms with Crippen LogP contribution in [0.25, 0.3) is 0 Å². The third kappa shape index (κ3) is 1.61. The van der Waals surface area contributed by atoms with Gasteiger partial charge in [-0.2, -0.15) is 0 Å². The smallest absolute Gasteiger partial charge is 0.0721 e. The summed E-state index contributed by atoms with van der Waals surface area (Å²) in [7, 11) is 0. The van der Waals surface area contributed by atoms with Crippen molar-refractivity contribution in [2.24, 2.45) is 11.8 Å². The van der Waals surface area contributed by atoms with E-state index in [9.17, 15) is 0 Å². The van der Waals surface area contributed by atoms with Crippen LogP contribution >= 0.6 is 31.9 Å². The quantitative estimate of drug-likeness (QED) is 0.656. The van der Waals surface area contributed by atoms with Gasteiger partial charge >= 0.3 is 0 Å². The Kier molecular flexibility index (Phi) is 2.48. The van der Waals surface area contributed by atoms with Crippen molar-refractivity contribution in [3.05, 3.63) is 35.9 Å². The summed E-state index contributed by atoms with van der Waals surface area (Å²) in [6.07, 6.45) is 4.11. The van der Waals surface area contributed by atoms with E-state index >= 15 is 0 Å². The summed E-state index contributed by atoms with van der Waals surface area (Å²) in [5.41, 5.74) is 1.52. The molecule has 15 heavy (non-hydrogen) atoms. The summed E-state index contributed by atoms with van der Waals surface area (Å²) in [4.78, 5) is 0. The minimum Gasteiger partial charge on any atom is -0.0721 e. The molecule has 0 radical (unpaired) electrons. The monoisotopic (exact) mass is 328 g/mol. The molecule has 2 heteroatoms. The van der Waals surface area contributed by atoms with Gasteiger partial charge in [0, 0.05) is 0 Å². The zero-order chi connectivity index (χ0) is 10.5. The number of hydrogen-bond acceptors (Lipinski definition) is 0. The van der Waals surface area contributed by atoms with Crippen LogP contribution in [0, 0.1) is 11.8 Å². The summed E-state index contributed by atoms with van der Waals surface area (Å²) < 4.78 is 0.247. The Morgan fingerprint density at radius 1 is 1.07 bits per heavy atom. The summed E-state index contributed by atoms with van der Waals surface area (Å²) in [5, 5.41) is 0. The molecule has 3 atom stereocenters. The van der Waals surface area contributed by atoms with Gasteiger partial charge in [0.05, 0.1) is 3.23 Å². The van der Waals surface area contributed by atoms with Gasteiger partial charge in [-0.25, -0.2) is 0 Å². The lowest BCUT2D eigenvalue weighted by Gasteiger charge is -2.21. The highest BCUT2D eigenvalue weighted by atomic mass is 79.9. The third-order valence-electron chi connectivity index (χ3n) is 3.95. The molecule has 2 aliphatic rings. The Labute approximate surface area is 108 Å². The first-order chi connectivity index (χ1) is 7.21. The maximum atomic E-state index is 3.83. The van der Waals surface area contributed by atoms with Gasteiger partial charge in [-0.05, 0) is 36.2 Å². The van der Waals surface area contributed by atoms with Crippen molar-refractivity contribution in [1.29, 1.82) is 0 Å². The minimum absolute atomic E-state index is 0.247. The van der Waals surface area contributed by atoms with E-state index in [0.717, 1.165) is 17.8 Å². The average Bonchev–Trinajstić information content (AvgIpc) is 2.84. The van der Waals surface area contributed by atoms with E-state index in [1.807, 2.05) is 0 Å². The van der Waals surface area contributed by atoms with Crippen LogP contribution in [-0.2, 0) is 0 Å². The van der Waals surface area contributed by atoms with Crippen LogP contribution in [0.1, 0.15) is 30.7 Å². The second kappa shape index (κ2) is 3.59. The molecule has 0 unspecified atom stereocenters. The molecule has 1 aromatic rings. The maximum Gasteiger partial charge on any atom is 0.0874 e. The lowest BCUT2D eigenvalue weighted by Crippen LogP contribution is -2.08. The third-order valence-corrected chi connectivity index (χ3v) is 6.19. The van der Waals surface area contributed by atoms with Crippen LogP contribution in [0.3, 0.4) is 0 Å². The summed E-state index contributed by atoms with van der Waals surface area (Å²) >= 11 is 7.67. The molecule has 1 aromatic carbocycles.